The molecule has 1 heterocycles. The Kier molecular flexibility index (Phi) is 7.52. The molecule has 1 fully saturated rings. The van der Waals surface area contributed by atoms with Gasteiger partial charge in [-0.1, -0.05) is 20.8 Å². The Bertz CT molecular complexity index is 292. The van der Waals surface area contributed by atoms with Gasteiger partial charge in [0.25, 0.3) is 0 Å². The SMILES string of the molecule is CCCNC(CCN1CCCC(C)(C)CC1)C(=O)OC. The van der Waals surface area contributed by atoms with Gasteiger partial charge in [0, 0.05) is 6.54 Å². The highest BCUT2D eigenvalue weighted by Crippen LogP contribution is 2.29. The van der Waals surface area contributed by atoms with Crippen molar-refractivity contribution in [3.05, 3.63) is 0 Å². The number of carbonyl (C=O) groups excluding carboxylic acids is 1. The molecule has 4 nitrogen and oxygen atoms in total. The van der Waals surface area contributed by atoms with Crippen LogP contribution in [0.3, 0.4) is 0 Å². The summed E-state index contributed by atoms with van der Waals surface area (Å²) in [6.07, 6.45) is 5.69. The molecule has 1 unspecified atom stereocenters. The molecular formula is C16H32N2O2. The minimum absolute atomic E-state index is 0.131. The summed E-state index contributed by atoms with van der Waals surface area (Å²) in [4.78, 5) is 14.3. The fraction of sp³-hybridized carbons (Fsp3) is 0.938. The average molecular weight is 284 g/mol. The Balaban J connectivity index is 2.40. The molecule has 0 aliphatic carbocycles. The molecule has 1 aliphatic rings. The molecule has 4 heteroatoms. The summed E-state index contributed by atoms with van der Waals surface area (Å²) in [6.45, 7) is 11.0. The van der Waals surface area contributed by atoms with Gasteiger partial charge in [-0.2, -0.15) is 0 Å². The lowest BCUT2D eigenvalue weighted by Gasteiger charge is -2.24. The largest absolute Gasteiger partial charge is 0.468 e. The van der Waals surface area contributed by atoms with Gasteiger partial charge in [0.1, 0.15) is 6.04 Å². The molecule has 20 heavy (non-hydrogen) atoms. The van der Waals surface area contributed by atoms with Crippen LogP contribution < -0.4 is 5.32 Å². The summed E-state index contributed by atoms with van der Waals surface area (Å²) in [5.41, 5.74) is 0.469. The van der Waals surface area contributed by atoms with E-state index in [2.05, 4.69) is 31.0 Å². The summed E-state index contributed by atoms with van der Waals surface area (Å²) in [5, 5.41) is 3.29. The van der Waals surface area contributed by atoms with Crippen LogP contribution in [0.15, 0.2) is 0 Å². The van der Waals surface area contributed by atoms with Crippen molar-refractivity contribution in [3.63, 3.8) is 0 Å². The average Bonchev–Trinajstić information content (AvgIpc) is 2.59. The summed E-state index contributed by atoms with van der Waals surface area (Å²) < 4.78 is 4.89. The fourth-order valence-corrected chi connectivity index (χ4v) is 2.78. The van der Waals surface area contributed by atoms with Gasteiger partial charge >= 0.3 is 5.97 Å². The van der Waals surface area contributed by atoms with Crippen LogP contribution in [0.4, 0.5) is 0 Å². The second-order valence-corrected chi connectivity index (χ2v) is 6.68. The molecule has 0 radical (unpaired) electrons. The molecule has 1 atom stereocenters. The summed E-state index contributed by atoms with van der Waals surface area (Å²) >= 11 is 0. The van der Waals surface area contributed by atoms with E-state index in [9.17, 15) is 4.79 Å². The van der Waals surface area contributed by atoms with Crippen molar-refractivity contribution in [2.75, 3.05) is 33.3 Å². The van der Waals surface area contributed by atoms with E-state index >= 15 is 0 Å². The number of esters is 1. The third-order valence-corrected chi connectivity index (χ3v) is 4.29. The Morgan fingerprint density at radius 1 is 1.35 bits per heavy atom. The van der Waals surface area contributed by atoms with E-state index in [4.69, 9.17) is 4.74 Å². The van der Waals surface area contributed by atoms with Gasteiger partial charge in [-0.25, -0.2) is 0 Å². The van der Waals surface area contributed by atoms with Crippen molar-refractivity contribution in [2.24, 2.45) is 5.41 Å². The zero-order valence-corrected chi connectivity index (χ0v) is 13.7. The maximum absolute atomic E-state index is 11.8. The van der Waals surface area contributed by atoms with Crippen LogP contribution in [0.25, 0.3) is 0 Å². The molecule has 118 valence electrons. The number of carbonyl (C=O) groups is 1. The fourth-order valence-electron chi connectivity index (χ4n) is 2.78. The highest BCUT2D eigenvalue weighted by molar-refractivity contribution is 5.75. The third kappa shape index (κ3) is 6.23. The highest BCUT2D eigenvalue weighted by atomic mass is 16.5. The van der Waals surface area contributed by atoms with Crippen LogP contribution >= 0.6 is 0 Å². The normalized spacial score (nSPS) is 21.2. The second kappa shape index (κ2) is 8.63. The molecule has 0 aromatic rings. The number of likely N-dealkylation sites (tertiary alicyclic amines) is 1. The topological polar surface area (TPSA) is 41.6 Å². The Hall–Kier alpha value is -0.610. The first kappa shape index (κ1) is 17.4. The summed E-state index contributed by atoms with van der Waals surface area (Å²) in [7, 11) is 1.47. The molecule has 0 amide bonds. The van der Waals surface area contributed by atoms with Crippen molar-refractivity contribution >= 4 is 5.97 Å². The van der Waals surface area contributed by atoms with E-state index in [1.54, 1.807) is 0 Å². The van der Waals surface area contributed by atoms with Crippen LogP contribution in [0.1, 0.15) is 52.9 Å². The van der Waals surface area contributed by atoms with Crippen LogP contribution in [-0.2, 0) is 9.53 Å². The number of ether oxygens (including phenoxy) is 1. The van der Waals surface area contributed by atoms with Gasteiger partial charge in [-0.05, 0) is 57.2 Å². The minimum atomic E-state index is -0.156. The van der Waals surface area contributed by atoms with E-state index in [1.807, 2.05) is 0 Å². The lowest BCUT2D eigenvalue weighted by Crippen LogP contribution is -2.41. The lowest BCUT2D eigenvalue weighted by molar-refractivity contribution is -0.143. The van der Waals surface area contributed by atoms with Crippen LogP contribution in [0, 0.1) is 5.41 Å². The monoisotopic (exact) mass is 284 g/mol. The second-order valence-electron chi connectivity index (χ2n) is 6.68. The molecule has 0 aromatic carbocycles. The predicted molar refractivity (Wildman–Crippen MR) is 82.8 cm³/mol. The third-order valence-electron chi connectivity index (χ3n) is 4.29. The zero-order chi connectivity index (χ0) is 15.0. The minimum Gasteiger partial charge on any atom is -0.468 e. The molecule has 1 rings (SSSR count). The van der Waals surface area contributed by atoms with Crippen molar-refractivity contribution < 1.29 is 9.53 Å². The maximum atomic E-state index is 11.8. The molecule has 0 spiro atoms. The van der Waals surface area contributed by atoms with Gasteiger partial charge in [0.05, 0.1) is 7.11 Å². The van der Waals surface area contributed by atoms with E-state index in [0.29, 0.717) is 5.41 Å². The van der Waals surface area contributed by atoms with Crippen LogP contribution in [0.5, 0.6) is 0 Å². The van der Waals surface area contributed by atoms with E-state index < -0.39 is 0 Å². The maximum Gasteiger partial charge on any atom is 0.322 e. The number of methoxy groups -OCH3 is 1. The Morgan fingerprint density at radius 2 is 2.10 bits per heavy atom. The zero-order valence-electron chi connectivity index (χ0n) is 13.7. The molecule has 0 saturated carbocycles. The van der Waals surface area contributed by atoms with E-state index in [0.717, 1.165) is 39.0 Å². The standard InChI is InChI=1S/C16H32N2O2/c1-5-10-17-14(15(19)20-4)7-12-18-11-6-8-16(2,3)9-13-18/h14,17H,5-13H2,1-4H3. The first-order valence-corrected chi connectivity index (χ1v) is 8.02. The quantitative estimate of drug-likeness (QED) is 0.729. The molecule has 1 aliphatic heterocycles. The molecule has 1 N–H and O–H groups in total. The number of hydrogen-bond acceptors (Lipinski definition) is 4. The number of rotatable bonds is 7. The van der Waals surface area contributed by atoms with E-state index in [1.165, 1.54) is 26.4 Å². The lowest BCUT2D eigenvalue weighted by atomic mass is 9.85. The predicted octanol–water partition coefficient (Wildman–Crippen LogP) is 2.43. The van der Waals surface area contributed by atoms with Gasteiger partial charge in [0.2, 0.25) is 0 Å². The van der Waals surface area contributed by atoms with Crippen molar-refractivity contribution in [3.8, 4) is 0 Å². The number of nitrogens with one attached hydrogen (secondary N) is 1. The van der Waals surface area contributed by atoms with E-state index in [-0.39, 0.29) is 12.0 Å². The number of nitrogens with zero attached hydrogens (tertiary/aromatic N) is 1. The Labute approximate surface area is 124 Å². The first-order chi connectivity index (χ1) is 9.48. The van der Waals surface area contributed by atoms with Crippen molar-refractivity contribution in [1.29, 1.82) is 0 Å². The van der Waals surface area contributed by atoms with Crippen LogP contribution in [-0.4, -0.2) is 50.2 Å². The van der Waals surface area contributed by atoms with Crippen LogP contribution in [0.2, 0.25) is 0 Å². The highest BCUT2D eigenvalue weighted by Gasteiger charge is 2.24. The van der Waals surface area contributed by atoms with Gasteiger partial charge in [0.15, 0.2) is 0 Å². The molecule has 0 bridgehead atoms. The van der Waals surface area contributed by atoms with Gasteiger partial charge in [-0.15, -0.1) is 0 Å². The van der Waals surface area contributed by atoms with Crippen molar-refractivity contribution in [1.82, 2.24) is 10.2 Å². The summed E-state index contributed by atoms with van der Waals surface area (Å²) in [5.74, 6) is -0.131. The van der Waals surface area contributed by atoms with Crippen molar-refractivity contribution in [2.45, 2.75) is 58.9 Å². The number of hydrogen-bond donors (Lipinski definition) is 1. The Morgan fingerprint density at radius 3 is 2.75 bits per heavy atom. The molecule has 1 saturated heterocycles. The smallest absolute Gasteiger partial charge is 0.322 e. The summed E-state index contributed by atoms with van der Waals surface area (Å²) in [6, 6.07) is -0.156. The molecule has 0 aromatic heterocycles. The van der Waals surface area contributed by atoms with Gasteiger partial charge in [-0.3, -0.25) is 4.79 Å². The molecular weight excluding hydrogens is 252 g/mol. The van der Waals surface area contributed by atoms with Gasteiger partial charge < -0.3 is 15.0 Å². The first-order valence-electron chi connectivity index (χ1n) is 8.02.